The van der Waals surface area contributed by atoms with Gasteiger partial charge in [-0.2, -0.15) is 5.10 Å². The monoisotopic (exact) mass is 919 g/mol. The molecule has 3 unspecified atom stereocenters. The van der Waals surface area contributed by atoms with Crippen LogP contribution in [0, 0.1) is 23.8 Å². The van der Waals surface area contributed by atoms with Crippen LogP contribution in [0.4, 0.5) is 5.82 Å². The quantitative estimate of drug-likeness (QED) is 0.0971. The number of aromatic nitrogens is 2. The van der Waals surface area contributed by atoms with Crippen LogP contribution in [0.5, 0.6) is 0 Å². The van der Waals surface area contributed by atoms with Crippen LogP contribution in [0.1, 0.15) is 104 Å². The van der Waals surface area contributed by atoms with E-state index in [1.165, 1.54) is 42.5 Å². The highest BCUT2D eigenvalue weighted by molar-refractivity contribution is 6.30. The molecule has 11 heteroatoms. The van der Waals surface area contributed by atoms with Crippen LogP contribution >= 0.6 is 0 Å². The molecule has 362 valence electrons. The maximum absolute atomic E-state index is 6.62. The zero-order chi connectivity index (χ0) is 48.2. The number of benzene rings is 1. The first kappa shape index (κ1) is 50.3. The zero-order valence-electron chi connectivity index (χ0n) is 42.3. The molecule has 0 amide bonds. The summed E-state index contributed by atoms with van der Waals surface area (Å²) in [6.45, 7) is 32.4. The van der Waals surface area contributed by atoms with Gasteiger partial charge in [0, 0.05) is 80.0 Å². The van der Waals surface area contributed by atoms with Crippen molar-refractivity contribution in [2.24, 2.45) is 39.4 Å². The largest absolute Gasteiger partial charge is 0.402 e. The molecule has 6 aliphatic rings. The van der Waals surface area contributed by atoms with Crippen LogP contribution in [0.2, 0.25) is 0 Å². The number of hydrazone groups is 1. The number of rotatable bonds is 16. The van der Waals surface area contributed by atoms with E-state index in [1.807, 2.05) is 13.1 Å². The smallest absolute Gasteiger partial charge is 0.308 e. The second-order valence-electron chi connectivity index (χ2n) is 19.9. The molecule has 4 aliphatic heterocycles. The van der Waals surface area contributed by atoms with E-state index in [0.29, 0.717) is 23.6 Å². The summed E-state index contributed by atoms with van der Waals surface area (Å²) in [7, 11) is 0. The van der Waals surface area contributed by atoms with E-state index in [4.69, 9.17) is 26.5 Å². The molecular weight excluding hydrogens is 839 g/mol. The Balaban J connectivity index is 0.00000222. The van der Waals surface area contributed by atoms with Crippen molar-refractivity contribution in [3.05, 3.63) is 123 Å². The molecule has 1 aromatic carbocycles. The summed E-state index contributed by atoms with van der Waals surface area (Å²) in [5, 5.41) is 4.13. The maximum atomic E-state index is 6.62. The fraction of sp³-hybridized carbons (Fsp3) is 0.526. The van der Waals surface area contributed by atoms with E-state index in [-0.39, 0.29) is 6.04 Å². The van der Waals surface area contributed by atoms with Gasteiger partial charge < -0.3 is 26.3 Å². The van der Waals surface area contributed by atoms with Gasteiger partial charge in [-0.1, -0.05) is 100 Å². The Kier molecular flexibility index (Phi) is 17.8. The fourth-order valence-corrected chi connectivity index (χ4v) is 10.6. The summed E-state index contributed by atoms with van der Waals surface area (Å²) in [6.07, 6.45) is 20.5. The first-order valence-electron chi connectivity index (χ1n) is 25.8. The SMILES string of the molecule is C=C1C#[N+]CC1N1CC2=C(C3CCN(CCN=C/C(CCCc4cccc(-c5cc(N6CCN(CCC)CC6)nc(/C(C6=CCC(C)C=C6)=C(/C)N)n5)c4)=N\N)CC3)C=C(C)CC2C1=C.CCC. The van der Waals surface area contributed by atoms with Gasteiger partial charge in [0.05, 0.1) is 18.0 Å². The topological polar surface area (TPSA) is 120 Å². The van der Waals surface area contributed by atoms with Gasteiger partial charge >= 0.3 is 6.07 Å². The van der Waals surface area contributed by atoms with Gasteiger partial charge in [-0.25, -0.2) is 9.97 Å². The molecule has 2 aliphatic carbocycles. The second-order valence-corrected chi connectivity index (χ2v) is 19.9. The molecule has 3 fully saturated rings. The molecule has 0 radical (unpaired) electrons. The number of anilines is 1. The van der Waals surface area contributed by atoms with Crippen molar-refractivity contribution in [3.8, 4) is 17.3 Å². The highest BCUT2D eigenvalue weighted by Gasteiger charge is 2.43. The zero-order valence-corrected chi connectivity index (χ0v) is 42.3. The maximum Gasteiger partial charge on any atom is 0.308 e. The fourth-order valence-electron chi connectivity index (χ4n) is 10.6. The number of nitrogens with two attached hydrogens (primary N) is 2. The van der Waals surface area contributed by atoms with E-state index in [9.17, 15) is 0 Å². The van der Waals surface area contributed by atoms with Crippen LogP contribution in [0.25, 0.3) is 21.7 Å². The molecule has 1 aromatic heterocycles. The third-order valence-electron chi connectivity index (χ3n) is 14.4. The van der Waals surface area contributed by atoms with Gasteiger partial charge in [0.1, 0.15) is 17.4 Å². The Morgan fingerprint density at radius 2 is 1.78 bits per heavy atom. The Hall–Kier alpha value is -5.57. The minimum absolute atomic E-state index is 0.206. The summed E-state index contributed by atoms with van der Waals surface area (Å²) in [6, 6.07) is 14.2. The lowest BCUT2D eigenvalue weighted by Crippen LogP contribution is -2.46. The van der Waals surface area contributed by atoms with E-state index < -0.39 is 0 Å². The lowest BCUT2D eigenvalue weighted by molar-refractivity contribution is 0.204. The molecule has 4 N–H and O–H groups in total. The van der Waals surface area contributed by atoms with Gasteiger partial charge in [-0.3, -0.25) is 9.89 Å². The molecule has 5 heterocycles. The number of piperidine rings is 1. The number of nitrogens with zero attached hydrogens (tertiary/aromatic N) is 9. The van der Waals surface area contributed by atoms with Crippen LogP contribution < -0.4 is 16.5 Å². The highest BCUT2D eigenvalue weighted by atomic mass is 15.3. The Bertz CT molecular complexity index is 2400. The number of aliphatic imine (C=N–C) groups is 1. The number of aryl methyl sites for hydroxylation is 1. The summed E-state index contributed by atoms with van der Waals surface area (Å²) < 4.78 is 0. The average molecular weight is 919 g/mol. The number of allylic oxidation sites excluding steroid dienone is 10. The third kappa shape index (κ3) is 12.5. The predicted octanol–water partition coefficient (Wildman–Crippen LogP) is 10.1. The molecule has 2 aromatic rings. The summed E-state index contributed by atoms with van der Waals surface area (Å²) in [4.78, 5) is 29.6. The van der Waals surface area contributed by atoms with Crippen LogP contribution in [0.3, 0.4) is 0 Å². The Morgan fingerprint density at radius 3 is 2.46 bits per heavy atom. The van der Waals surface area contributed by atoms with E-state index >= 15 is 0 Å². The standard InChI is InChI=1S/C54H72N11.C3H8/c1-7-21-62-25-27-64(28-26-62)52-32-50(59-54(60-52)53(40(5)55)44-16-14-37(2)15-17-44)45-12-8-10-42(31-45)11-9-13-46(61-56)34-57-20-24-63-22-18-43(19-23-63)48-30-38(3)29-47-41(6)65(36-49(47)48)51-35-58-33-39(51)4;1-3-2/h8,10,12,14,16-17,30-32,34,37,43,47,51H,4,6-7,9,11,13,15,18-29,35-36,55-56H2,1-3,5H3;3H2,1-2H3/q+1;/b53-40-,57-34?,61-46-;. The van der Waals surface area contributed by atoms with Crippen molar-refractivity contribution in [2.75, 3.05) is 76.9 Å². The molecule has 0 spiro atoms. The number of piperazine rings is 1. The molecule has 68 heavy (non-hydrogen) atoms. The summed E-state index contributed by atoms with van der Waals surface area (Å²) >= 11 is 0. The number of hydrogen-bond donors (Lipinski definition) is 2. The van der Waals surface area contributed by atoms with Crippen LogP contribution in [-0.2, 0) is 6.42 Å². The summed E-state index contributed by atoms with van der Waals surface area (Å²) in [5.41, 5.74) is 20.3. The summed E-state index contributed by atoms with van der Waals surface area (Å²) in [5.74, 6) is 9.05. The normalized spacial score (nSPS) is 23.0. The van der Waals surface area contributed by atoms with E-state index in [2.05, 4.69) is 138 Å². The number of likely N-dealkylation sites (tertiary alicyclic amines) is 2. The van der Waals surface area contributed by atoms with Gasteiger partial charge in [-0.05, 0) is 125 Å². The van der Waals surface area contributed by atoms with Crippen molar-refractivity contribution in [1.29, 1.82) is 0 Å². The van der Waals surface area contributed by atoms with Crippen molar-refractivity contribution in [1.82, 2.24) is 24.7 Å². The van der Waals surface area contributed by atoms with Crippen LogP contribution in [-0.4, -0.2) is 115 Å². The first-order chi connectivity index (χ1) is 33.0. The average Bonchev–Trinajstić information content (AvgIpc) is 3.92. The van der Waals surface area contributed by atoms with Crippen molar-refractivity contribution in [3.63, 3.8) is 0 Å². The second kappa shape index (κ2) is 24.1. The molecule has 0 bridgehead atoms. The molecule has 3 saturated heterocycles. The minimum atomic E-state index is 0.206. The minimum Gasteiger partial charge on any atom is -0.402 e. The molecule has 11 nitrogen and oxygen atoms in total. The first-order valence-corrected chi connectivity index (χ1v) is 25.8. The Labute approximate surface area is 408 Å². The van der Waals surface area contributed by atoms with Gasteiger partial charge in [0.25, 0.3) is 6.54 Å². The Morgan fingerprint density at radius 1 is 1.01 bits per heavy atom. The predicted molar refractivity (Wildman–Crippen MR) is 287 cm³/mol. The number of fused-ring (bicyclic) bond motifs is 1. The number of hydrogen-bond acceptors (Lipinski definition) is 10. The van der Waals surface area contributed by atoms with Crippen molar-refractivity contribution < 1.29 is 0 Å². The third-order valence-corrected chi connectivity index (χ3v) is 14.4. The van der Waals surface area contributed by atoms with Gasteiger partial charge in [0.15, 0.2) is 5.82 Å². The molecule has 0 saturated carbocycles. The van der Waals surface area contributed by atoms with Crippen LogP contribution in [0.15, 0.2) is 117 Å². The van der Waals surface area contributed by atoms with E-state index in [0.717, 1.165) is 149 Å². The van der Waals surface area contributed by atoms with Crippen molar-refractivity contribution in [2.45, 2.75) is 105 Å². The molecular formula is C57H80N11+. The molecule has 3 atom stereocenters. The van der Waals surface area contributed by atoms with Crippen molar-refractivity contribution >= 4 is 23.3 Å². The highest BCUT2D eigenvalue weighted by Crippen LogP contribution is 2.46. The lowest BCUT2D eigenvalue weighted by atomic mass is 9.77. The van der Waals surface area contributed by atoms with Gasteiger partial charge in [0.2, 0.25) is 0 Å². The molecule has 8 rings (SSSR count). The lowest BCUT2D eigenvalue weighted by Gasteiger charge is -2.35. The van der Waals surface area contributed by atoms with Gasteiger partial charge in [-0.15, -0.1) is 0 Å². The van der Waals surface area contributed by atoms with E-state index in [1.54, 1.807) is 11.1 Å².